The van der Waals surface area contributed by atoms with Gasteiger partial charge in [-0.1, -0.05) is 18.2 Å². The summed E-state index contributed by atoms with van der Waals surface area (Å²) in [5.41, 5.74) is 2.76. The maximum atomic E-state index is 12.1. The Bertz CT molecular complexity index is 548. The van der Waals surface area contributed by atoms with E-state index in [1.54, 1.807) is 0 Å². The summed E-state index contributed by atoms with van der Waals surface area (Å²) in [4.78, 5) is 13.7. The van der Waals surface area contributed by atoms with Crippen molar-refractivity contribution in [3.63, 3.8) is 0 Å². The second kappa shape index (κ2) is 3.16. The lowest BCUT2D eigenvalue weighted by molar-refractivity contribution is 0.0990. The number of hydrogen-bond acceptors (Lipinski definition) is 4. The van der Waals surface area contributed by atoms with E-state index in [9.17, 15) is 4.79 Å². The number of carbonyl (C=O) groups is 1. The van der Waals surface area contributed by atoms with Crippen LogP contribution in [0.2, 0.25) is 0 Å². The van der Waals surface area contributed by atoms with Gasteiger partial charge in [0.25, 0.3) is 11.8 Å². The Morgan fingerprint density at radius 3 is 3.00 bits per heavy atom. The molecule has 0 unspecified atom stereocenters. The molecule has 0 saturated heterocycles. The highest BCUT2D eigenvalue weighted by Gasteiger charge is 2.31. The molecule has 16 heavy (non-hydrogen) atoms. The zero-order valence-corrected chi connectivity index (χ0v) is 8.67. The summed E-state index contributed by atoms with van der Waals surface area (Å²) in [6.45, 7) is 2.45. The van der Waals surface area contributed by atoms with Crippen LogP contribution in [0.3, 0.4) is 0 Å². The third-order valence-electron chi connectivity index (χ3n) is 2.76. The van der Waals surface area contributed by atoms with Crippen molar-refractivity contribution in [1.29, 1.82) is 0 Å². The predicted octanol–water partition coefficient (Wildman–Crippen LogP) is 1.54. The summed E-state index contributed by atoms with van der Waals surface area (Å²) < 4.78 is 4.90. The first-order valence-electron chi connectivity index (χ1n) is 4.95. The molecule has 1 aliphatic rings. The van der Waals surface area contributed by atoms with Gasteiger partial charge in [-0.2, -0.15) is 0 Å². The lowest BCUT2D eigenvalue weighted by atomic mass is 10.0. The van der Waals surface area contributed by atoms with Crippen molar-refractivity contribution >= 4 is 11.8 Å². The van der Waals surface area contributed by atoms with Crippen molar-refractivity contribution in [1.82, 2.24) is 10.4 Å². The SMILES string of the molecule is Cc1cccc2c1C(=O)N(c1cnno1)C2. The van der Waals surface area contributed by atoms with Gasteiger partial charge in [0.2, 0.25) is 0 Å². The van der Waals surface area contributed by atoms with E-state index in [1.807, 2.05) is 25.1 Å². The van der Waals surface area contributed by atoms with Gasteiger partial charge in [-0.25, -0.2) is 0 Å². The number of rotatable bonds is 1. The molecule has 5 heteroatoms. The number of benzene rings is 1. The minimum atomic E-state index is -0.0494. The smallest absolute Gasteiger partial charge is 0.261 e. The minimum Gasteiger partial charge on any atom is -0.318 e. The molecule has 1 aromatic heterocycles. The van der Waals surface area contributed by atoms with Gasteiger partial charge in [0.15, 0.2) is 0 Å². The fraction of sp³-hybridized carbons (Fsp3) is 0.182. The molecular formula is C11H9N3O2. The number of fused-ring (bicyclic) bond motifs is 1. The Morgan fingerprint density at radius 1 is 1.44 bits per heavy atom. The van der Waals surface area contributed by atoms with Crippen molar-refractivity contribution in [2.45, 2.75) is 13.5 Å². The molecule has 0 fully saturated rings. The quantitative estimate of drug-likeness (QED) is 0.724. The van der Waals surface area contributed by atoms with Crippen LogP contribution in [0.4, 0.5) is 5.88 Å². The summed E-state index contributed by atoms with van der Waals surface area (Å²) in [6, 6.07) is 5.83. The molecule has 0 atom stereocenters. The van der Waals surface area contributed by atoms with Crippen LogP contribution in [0.15, 0.2) is 28.9 Å². The van der Waals surface area contributed by atoms with E-state index < -0.39 is 0 Å². The summed E-state index contributed by atoms with van der Waals surface area (Å²) in [7, 11) is 0. The predicted molar refractivity (Wildman–Crippen MR) is 56.0 cm³/mol. The molecule has 0 saturated carbocycles. The molecule has 0 radical (unpaired) electrons. The van der Waals surface area contributed by atoms with Crippen LogP contribution in [-0.2, 0) is 6.54 Å². The van der Waals surface area contributed by atoms with Gasteiger partial charge < -0.3 is 4.52 Å². The van der Waals surface area contributed by atoms with Gasteiger partial charge in [-0.15, -0.1) is 5.10 Å². The average molecular weight is 215 g/mol. The highest BCUT2D eigenvalue weighted by molar-refractivity contribution is 6.10. The van der Waals surface area contributed by atoms with Crippen LogP contribution in [0.25, 0.3) is 0 Å². The van der Waals surface area contributed by atoms with E-state index in [0.29, 0.717) is 12.4 Å². The Labute approximate surface area is 91.7 Å². The molecule has 2 aromatic rings. The molecule has 80 valence electrons. The Balaban J connectivity index is 2.08. The monoisotopic (exact) mass is 215 g/mol. The molecule has 0 spiro atoms. The Kier molecular flexibility index (Phi) is 1.80. The van der Waals surface area contributed by atoms with Crippen LogP contribution in [-0.4, -0.2) is 16.3 Å². The second-order valence-electron chi connectivity index (χ2n) is 3.76. The van der Waals surface area contributed by atoms with Crippen molar-refractivity contribution in [2.75, 3.05) is 4.90 Å². The molecule has 3 rings (SSSR count). The fourth-order valence-corrected chi connectivity index (χ4v) is 2.00. The van der Waals surface area contributed by atoms with Gasteiger partial charge in [0.1, 0.15) is 6.20 Å². The van der Waals surface area contributed by atoms with E-state index in [4.69, 9.17) is 4.52 Å². The van der Waals surface area contributed by atoms with Gasteiger partial charge in [0, 0.05) is 10.8 Å². The van der Waals surface area contributed by atoms with Crippen molar-refractivity contribution < 1.29 is 9.32 Å². The number of hydrogen-bond donors (Lipinski definition) is 0. The molecule has 0 N–H and O–H groups in total. The van der Waals surface area contributed by atoms with Crippen molar-refractivity contribution in [3.05, 3.63) is 41.1 Å². The molecular weight excluding hydrogens is 206 g/mol. The third-order valence-corrected chi connectivity index (χ3v) is 2.76. The molecule has 1 aromatic carbocycles. The van der Waals surface area contributed by atoms with E-state index in [-0.39, 0.29) is 5.91 Å². The van der Waals surface area contributed by atoms with Crippen LogP contribution in [0, 0.1) is 6.92 Å². The van der Waals surface area contributed by atoms with E-state index in [2.05, 4.69) is 10.4 Å². The van der Waals surface area contributed by atoms with Crippen LogP contribution >= 0.6 is 0 Å². The standard InChI is InChI=1S/C11H9N3O2/c1-7-3-2-4-8-6-14(11(15)10(7)8)9-5-12-13-16-9/h2-5H,6H2,1H3. The van der Waals surface area contributed by atoms with Gasteiger partial charge in [0.05, 0.1) is 6.54 Å². The largest absolute Gasteiger partial charge is 0.318 e. The Morgan fingerprint density at radius 2 is 2.31 bits per heavy atom. The van der Waals surface area contributed by atoms with Crippen LogP contribution in [0.1, 0.15) is 21.5 Å². The number of carbonyl (C=O) groups excluding carboxylic acids is 1. The molecule has 0 aliphatic carbocycles. The first-order chi connectivity index (χ1) is 7.77. The van der Waals surface area contributed by atoms with Gasteiger partial charge in [-0.05, 0) is 18.1 Å². The van der Waals surface area contributed by atoms with Crippen LogP contribution in [0.5, 0.6) is 0 Å². The van der Waals surface area contributed by atoms with Crippen LogP contribution < -0.4 is 4.90 Å². The summed E-state index contributed by atoms with van der Waals surface area (Å²) >= 11 is 0. The van der Waals surface area contributed by atoms with Gasteiger partial charge in [-0.3, -0.25) is 9.69 Å². The second-order valence-corrected chi connectivity index (χ2v) is 3.76. The molecule has 0 bridgehead atoms. The lowest BCUT2D eigenvalue weighted by Gasteiger charge is -2.09. The normalized spacial score (nSPS) is 14.3. The Hall–Kier alpha value is -2.17. The number of anilines is 1. The lowest BCUT2D eigenvalue weighted by Crippen LogP contribution is -2.22. The number of aromatic nitrogens is 2. The average Bonchev–Trinajstić information content (AvgIpc) is 2.86. The maximum absolute atomic E-state index is 12.1. The molecule has 2 heterocycles. The minimum absolute atomic E-state index is 0.0494. The number of amides is 1. The first-order valence-corrected chi connectivity index (χ1v) is 4.95. The summed E-state index contributed by atoms with van der Waals surface area (Å²) in [5.74, 6) is 0.340. The highest BCUT2D eigenvalue weighted by Crippen LogP contribution is 2.29. The zero-order chi connectivity index (χ0) is 11.1. The maximum Gasteiger partial charge on any atom is 0.261 e. The first kappa shape index (κ1) is 9.08. The summed E-state index contributed by atoms with van der Waals surface area (Å²) in [5, 5.41) is 6.94. The number of aryl methyl sites for hydroxylation is 1. The van der Waals surface area contributed by atoms with Gasteiger partial charge >= 0.3 is 0 Å². The zero-order valence-electron chi connectivity index (χ0n) is 8.67. The molecule has 1 amide bonds. The van der Waals surface area contributed by atoms with Crippen molar-refractivity contribution in [3.8, 4) is 0 Å². The molecule has 5 nitrogen and oxygen atoms in total. The third kappa shape index (κ3) is 1.14. The summed E-state index contributed by atoms with van der Waals surface area (Å²) in [6.07, 6.45) is 1.44. The topological polar surface area (TPSA) is 59.2 Å². The van der Waals surface area contributed by atoms with E-state index in [1.165, 1.54) is 11.1 Å². The van der Waals surface area contributed by atoms with E-state index in [0.717, 1.165) is 16.7 Å². The number of nitrogens with zero attached hydrogens (tertiary/aromatic N) is 3. The van der Waals surface area contributed by atoms with E-state index >= 15 is 0 Å². The van der Waals surface area contributed by atoms with Crippen molar-refractivity contribution in [2.24, 2.45) is 0 Å². The fourth-order valence-electron chi connectivity index (χ4n) is 2.00. The highest BCUT2D eigenvalue weighted by atomic mass is 16.5. The molecule has 1 aliphatic heterocycles.